The zero-order valence-corrected chi connectivity index (χ0v) is 12.0. The van der Waals surface area contributed by atoms with E-state index in [0.29, 0.717) is 11.1 Å². The molecule has 1 N–H and O–H groups in total. The fourth-order valence-electron chi connectivity index (χ4n) is 1.80. The molecule has 0 aliphatic carbocycles. The molecule has 0 aliphatic heterocycles. The Kier molecular flexibility index (Phi) is 4.20. The number of Topliss-reactive ketones (excluding diaryl/α,β-unsaturated/α-hetero) is 1. The van der Waals surface area contributed by atoms with Crippen molar-refractivity contribution in [1.29, 1.82) is 0 Å². The summed E-state index contributed by atoms with van der Waals surface area (Å²) in [4.78, 5) is 25.7. The van der Waals surface area contributed by atoms with Crippen LogP contribution in [-0.4, -0.2) is 23.5 Å². The van der Waals surface area contributed by atoms with Crippen molar-refractivity contribution in [1.82, 2.24) is 0 Å². The van der Waals surface area contributed by atoms with Crippen molar-refractivity contribution >= 4 is 23.1 Å². The number of thiophene rings is 1. The van der Waals surface area contributed by atoms with Crippen LogP contribution in [0, 0.1) is 13.8 Å². The van der Waals surface area contributed by atoms with Crippen LogP contribution >= 0.6 is 11.3 Å². The predicted molar refractivity (Wildman–Crippen MR) is 76.5 cm³/mol. The standard InChI is InChI=1S/C15H14O4S/c1-9-7-13(10(2)20-9)14(17)8-19-15(18)11-3-5-12(16)6-4-11/h3-7,16H,8H2,1-2H3. The molecule has 0 spiro atoms. The Bertz CT molecular complexity index is 640. The Morgan fingerprint density at radius 2 is 1.85 bits per heavy atom. The third-order valence-corrected chi connectivity index (χ3v) is 3.74. The van der Waals surface area contributed by atoms with Crippen LogP contribution in [0.5, 0.6) is 5.75 Å². The number of hydrogen-bond acceptors (Lipinski definition) is 5. The molecular weight excluding hydrogens is 276 g/mol. The number of hydrogen-bond donors (Lipinski definition) is 1. The third kappa shape index (κ3) is 3.24. The molecule has 1 heterocycles. The minimum absolute atomic E-state index is 0.0713. The smallest absolute Gasteiger partial charge is 0.338 e. The third-order valence-electron chi connectivity index (χ3n) is 2.78. The number of esters is 1. The van der Waals surface area contributed by atoms with Gasteiger partial charge in [-0.25, -0.2) is 4.79 Å². The van der Waals surface area contributed by atoms with E-state index in [0.717, 1.165) is 9.75 Å². The molecular formula is C15H14O4S. The first-order valence-electron chi connectivity index (χ1n) is 6.04. The summed E-state index contributed by atoms with van der Waals surface area (Å²) in [6.45, 7) is 3.51. The van der Waals surface area contributed by atoms with Gasteiger partial charge in [-0.05, 0) is 44.2 Å². The maximum absolute atomic E-state index is 12.0. The van der Waals surface area contributed by atoms with Crippen LogP contribution in [0.4, 0.5) is 0 Å². The van der Waals surface area contributed by atoms with Gasteiger partial charge in [0, 0.05) is 15.3 Å². The number of benzene rings is 1. The molecule has 0 saturated heterocycles. The number of rotatable bonds is 4. The van der Waals surface area contributed by atoms with Crippen LogP contribution in [0.3, 0.4) is 0 Å². The van der Waals surface area contributed by atoms with Crippen LogP contribution in [0.15, 0.2) is 30.3 Å². The minimum Gasteiger partial charge on any atom is -0.508 e. The summed E-state index contributed by atoms with van der Waals surface area (Å²) in [5, 5.41) is 9.13. The molecule has 20 heavy (non-hydrogen) atoms. The summed E-state index contributed by atoms with van der Waals surface area (Å²) in [5.41, 5.74) is 0.903. The highest BCUT2D eigenvalue weighted by atomic mass is 32.1. The Hall–Kier alpha value is -2.14. The molecule has 0 aliphatic rings. The van der Waals surface area contributed by atoms with Gasteiger partial charge < -0.3 is 9.84 Å². The lowest BCUT2D eigenvalue weighted by Crippen LogP contribution is -2.14. The van der Waals surface area contributed by atoms with Gasteiger partial charge in [-0.1, -0.05) is 0 Å². The number of ether oxygens (including phenoxy) is 1. The second kappa shape index (κ2) is 5.88. The first-order chi connectivity index (χ1) is 9.47. The number of phenols is 1. The normalized spacial score (nSPS) is 10.3. The monoisotopic (exact) mass is 290 g/mol. The van der Waals surface area contributed by atoms with E-state index in [9.17, 15) is 9.59 Å². The van der Waals surface area contributed by atoms with Crippen molar-refractivity contribution in [2.45, 2.75) is 13.8 Å². The van der Waals surface area contributed by atoms with E-state index in [4.69, 9.17) is 9.84 Å². The SMILES string of the molecule is Cc1cc(C(=O)COC(=O)c2ccc(O)cc2)c(C)s1. The molecule has 0 fully saturated rings. The van der Waals surface area contributed by atoms with Crippen molar-refractivity contribution in [3.63, 3.8) is 0 Å². The number of carbonyl (C=O) groups is 2. The van der Waals surface area contributed by atoms with E-state index in [2.05, 4.69) is 0 Å². The van der Waals surface area contributed by atoms with Crippen LogP contribution in [0.25, 0.3) is 0 Å². The fraction of sp³-hybridized carbons (Fsp3) is 0.200. The molecule has 0 unspecified atom stereocenters. The molecule has 0 bridgehead atoms. The Morgan fingerprint density at radius 1 is 1.20 bits per heavy atom. The summed E-state index contributed by atoms with van der Waals surface area (Å²) in [6.07, 6.45) is 0. The van der Waals surface area contributed by atoms with Gasteiger partial charge in [0.15, 0.2) is 6.61 Å². The summed E-state index contributed by atoms with van der Waals surface area (Å²) < 4.78 is 4.98. The summed E-state index contributed by atoms with van der Waals surface area (Å²) in [5.74, 6) is -0.719. The molecule has 4 nitrogen and oxygen atoms in total. The minimum atomic E-state index is -0.581. The van der Waals surface area contributed by atoms with Crippen LogP contribution in [0.1, 0.15) is 30.5 Å². The Morgan fingerprint density at radius 3 is 2.40 bits per heavy atom. The zero-order valence-electron chi connectivity index (χ0n) is 11.2. The lowest BCUT2D eigenvalue weighted by Gasteiger charge is -2.04. The molecule has 1 aromatic carbocycles. The van der Waals surface area contributed by atoms with Gasteiger partial charge in [0.05, 0.1) is 5.56 Å². The van der Waals surface area contributed by atoms with Crippen molar-refractivity contribution in [3.8, 4) is 5.75 Å². The largest absolute Gasteiger partial charge is 0.508 e. The predicted octanol–water partition coefficient (Wildman–Crippen LogP) is 3.11. The average molecular weight is 290 g/mol. The van der Waals surface area contributed by atoms with Gasteiger partial charge in [0.25, 0.3) is 0 Å². The first-order valence-corrected chi connectivity index (χ1v) is 6.85. The van der Waals surface area contributed by atoms with Gasteiger partial charge in [0.1, 0.15) is 5.75 Å². The highest BCUT2D eigenvalue weighted by molar-refractivity contribution is 7.12. The first kappa shape index (κ1) is 14.3. The molecule has 0 radical (unpaired) electrons. The quantitative estimate of drug-likeness (QED) is 0.694. The van der Waals surface area contributed by atoms with Gasteiger partial charge in [-0.2, -0.15) is 0 Å². The maximum Gasteiger partial charge on any atom is 0.338 e. The Labute approximate surface area is 120 Å². The van der Waals surface area contributed by atoms with E-state index in [1.807, 2.05) is 13.8 Å². The number of ketones is 1. The van der Waals surface area contributed by atoms with Crippen molar-refractivity contribution in [2.75, 3.05) is 6.61 Å². The fourth-order valence-corrected chi connectivity index (χ4v) is 2.74. The molecule has 2 rings (SSSR count). The lowest BCUT2D eigenvalue weighted by molar-refractivity contribution is 0.0474. The van der Waals surface area contributed by atoms with E-state index < -0.39 is 5.97 Å². The van der Waals surface area contributed by atoms with E-state index in [-0.39, 0.29) is 18.1 Å². The number of phenolic OH excluding ortho intramolecular Hbond substituents is 1. The van der Waals surface area contributed by atoms with E-state index >= 15 is 0 Å². The highest BCUT2D eigenvalue weighted by Gasteiger charge is 2.15. The summed E-state index contributed by atoms with van der Waals surface area (Å²) >= 11 is 1.54. The van der Waals surface area contributed by atoms with Crippen molar-refractivity contribution < 1.29 is 19.4 Å². The topological polar surface area (TPSA) is 63.6 Å². The maximum atomic E-state index is 12.0. The van der Waals surface area contributed by atoms with Gasteiger partial charge in [0.2, 0.25) is 5.78 Å². The van der Waals surface area contributed by atoms with Crippen molar-refractivity contribution in [3.05, 3.63) is 51.2 Å². The summed E-state index contributed by atoms with van der Waals surface area (Å²) in [7, 11) is 0. The van der Waals surface area contributed by atoms with Gasteiger partial charge >= 0.3 is 5.97 Å². The molecule has 0 atom stereocenters. The molecule has 1 aromatic heterocycles. The number of aryl methyl sites for hydroxylation is 2. The average Bonchev–Trinajstić information content (AvgIpc) is 2.75. The van der Waals surface area contributed by atoms with Crippen LogP contribution in [-0.2, 0) is 4.74 Å². The van der Waals surface area contributed by atoms with Crippen LogP contribution in [0.2, 0.25) is 0 Å². The Balaban J connectivity index is 1.98. The highest BCUT2D eigenvalue weighted by Crippen LogP contribution is 2.21. The van der Waals surface area contributed by atoms with Crippen LogP contribution < -0.4 is 0 Å². The van der Waals surface area contributed by atoms with E-state index in [1.165, 1.54) is 24.3 Å². The molecule has 2 aromatic rings. The molecule has 5 heteroatoms. The molecule has 104 valence electrons. The second-order valence-corrected chi connectivity index (χ2v) is 5.83. The number of aromatic hydroxyl groups is 1. The summed E-state index contributed by atoms with van der Waals surface area (Å²) in [6, 6.07) is 7.48. The molecule has 0 saturated carbocycles. The van der Waals surface area contributed by atoms with Gasteiger partial charge in [-0.15, -0.1) is 11.3 Å². The van der Waals surface area contributed by atoms with Gasteiger partial charge in [-0.3, -0.25) is 4.79 Å². The zero-order chi connectivity index (χ0) is 14.7. The van der Waals surface area contributed by atoms with E-state index in [1.54, 1.807) is 17.4 Å². The number of carbonyl (C=O) groups excluding carboxylic acids is 2. The van der Waals surface area contributed by atoms with Crippen molar-refractivity contribution in [2.24, 2.45) is 0 Å². The molecule has 0 amide bonds. The second-order valence-electron chi connectivity index (χ2n) is 4.37. The lowest BCUT2D eigenvalue weighted by atomic mass is 10.1.